The van der Waals surface area contributed by atoms with E-state index in [9.17, 15) is 4.79 Å². The lowest BCUT2D eigenvalue weighted by Crippen LogP contribution is -2.32. The molecule has 1 N–H and O–H groups in total. The van der Waals surface area contributed by atoms with Crippen molar-refractivity contribution in [3.05, 3.63) is 35.4 Å². The monoisotopic (exact) mass is 347 g/mol. The molecule has 1 amide bonds. The van der Waals surface area contributed by atoms with Crippen molar-refractivity contribution in [2.75, 3.05) is 0 Å². The Bertz CT molecular complexity index is 635. The molecule has 2 aliphatic rings. The summed E-state index contributed by atoms with van der Waals surface area (Å²) < 4.78 is 17.4. The molecule has 1 aliphatic carbocycles. The number of fused-ring (bicyclic) bond motifs is 1. The molecule has 1 saturated carbocycles. The van der Waals surface area contributed by atoms with Crippen LogP contribution in [0.1, 0.15) is 64.5 Å². The van der Waals surface area contributed by atoms with Gasteiger partial charge in [0.2, 0.25) is 0 Å². The fourth-order valence-corrected chi connectivity index (χ4v) is 3.71. The van der Waals surface area contributed by atoms with Crippen LogP contribution in [0.4, 0.5) is 4.79 Å². The highest BCUT2D eigenvalue weighted by Gasteiger charge is 2.49. The molecule has 2 fully saturated rings. The largest absolute Gasteiger partial charge is 0.444 e. The zero-order valence-electron chi connectivity index (χ0n) is 15.8. The van der Waals surface area contributed by atoms with Gasteiger partial charge in [-0.15, -0.1) is 0 Å². The quantitative estimate of drug-likeness (QED) is 0.894. The lowest BCUT2D eigenvalue weighted by Gasteiger charge is -2.22. The molecule has 0 radical (unpaired) electrons. The molecule has 0 unspecified atom stereocenters. The Morgan fingerprint density at radius 3 is 2.76 bits per heavy atom. The van der Waals surface area contributed by atoms with Crippen molar-refractivity contribution in [1.29, 1.82) is 0 Å². The van der Waals surface area contributed by atoms with Gasteiger partial charge >= 0.3 is 6.09 Å². The second kappa shape index (κ2) is 6.61. The van der Waals surface area contributed by atoms with Crippen LogP contribution in [-0.4, -0.2) is 29.7 Å². The van der Waals surface area contributed by atoms with Gasteiger partial charge in [0.1, 0.15) is 5.60 Å². The van der Waals surface area contributed by atoms with Crippen LogP contribution >= 0.6 is 0 Å². The van der Waals surface area contributed by atoms with E-state index in [-0.39, 0.29) is 12.2 Å². The van der Waals surface area contributed by atoms with Crippen LogP contribution in [0.15, 0.2) is 24.3 Å². The van der Waals surface area contributed by atoms with E-state index in [1.807, 2.05) is 46.8 Å². The molecule has 1 aliphatic heterocycles. The van der Waals surface area contributed by atoms with E-state index >= 15 is 0 Å². The fourth-order valence-electron chi connectivity index (χ4n) is 3.71. The average Bonchev–Trinajstić information content (AvgIpc) is 2.98. The van der Waals surface area contributed by atoms with Crippen LogP contribution in [0.2, 0.25) is 0 Å². The van der Waals surface area contributed by atoms with Gasteiger partial charge in [-0.05, 0) is 58.6 Å². The van der Waals surface area contributed by atoms with E-state index in [1.165, 1.54) is 5.56 Å². The minimum Gasteiger partial charge on any atom is -0.444 e. The Hall–Kier alpha value is -1.59. The summed E-state index contributed by atoms with van der Waals surface area (Å²) in [6.07, 6.45) is 1.99. The van der Waals surface area contributed by atoms with Crippen LogP contribution in [0.5, 0.6) is 0 Å². The minimum atomic E-state index is -0.496. The Morgan fingerprint density at radius 1 is 1.28 bits per heavy atom. The molecule has 1 aromatic rings. The number of rotatable bonds is 3. The lowest BCUT2D eigenvalue weighted by atomic mass is 9.94. The van der Waals surface area contributed by atoms with Crippen molar-refractivity contribution < 1.29 is 19.0 Å². The first-order chi connectivity index (χ1) is 11.6. The number of alkyl carbamates (subject to hydrolysis) is 1. The molecule has 1 heterocycles. The summed E-state index contributed by atoms with van der Waals surface area (Å²) in [6.45, 7) is 9.97. The topological polar surface area (TPSA) is 56.8 Å². The van der Waals surface area contributed by atoms with E-state index in [4.69, 9.17) is 14.2 Å². The molecule has 138 valence electrons. The van der Waals surface area contributed by atoms with Crippen molar-refractivity contribution in [2.24, 2.45) is 0 Å². The number of amides is 1. The van der Waals surface area contributed by atoms with E-state index in [2.05, 4.69) is 17.4 Å². The molecule has 5 nitrogen and oxygen atoms in total. The number of hydrogen-bond acceptors (Lipinski definition) is 4. The van der Waals surface area contributed by atoms with Gasteiger partial charge in [-0.3, -0.25) is 0 Å². The summed E-state index contributed by atoms with van der Waals surface area (Å²) >= 11 is 0. The van der Waals surface area contributed by atoms with Crippen molar-refractivity contribution in [3.8, 4) is 0 Å². The van der Waals surface area contributed by atoms with E-state index in [0.29, 0.717) is 12.5 Å². The maximum Gasteiger partial charge on any atom is 0.407 e. The maximum atomic E-state index is 11.8. The summed E-state index contributed by atoms with van der Waals surface area (Å²) in [6, 6.07) is 8.34. The molecule has 3 rings (SSSR count). The van der Waals surface area contributed by atoms with Crippen molar-refractivity contribution in [3.63, 3.8) is 0 Å². The summed E-state index contributed by atoms with van der Waals surface area (Å²) in [7, 11) is 0. The molecule has 0 aromatic heterocycles. The number of ether oxygens (including phenoxy) is 3. The van der Waals surface area contributed by atoms with Gasteiger partial charge in [-0.2, -0.15) is 0 Å². The van der Waals surface area contributed by atoms with Crippen LogP contribution in [0.3, 0.4) is 0 Å². The molecule has 25 heavy (non-hydrogen) atoms. The highest BCUT2D eigenvalue weighted by Crippen LogP contribution is 2.46. The van der Waals surface area contributed by atoms with E-state index < -0.39 is 17.5 Å². The Balaban J connectivity index is 1.63. The molecule has 3 atom stereocenters. The molecular weight excluding hydrogens is 318 g/mol. The average molecular weight is 347 g/mol. The van der Waals surface area contributed by atoms with Gasteiger partial charge in [0.25, 0.3) is 0 Å². The smallest absolute Gasteiger partial charge is 0.407 e. The molecule has 1 saturated heterocycles. The predicted octanol–water partition coefficient (Wildman–Crippen LogP) is 4.11. The van der Waals surface area contributed by atoms with Crippen molar-refractivity contribution >= 4 is 6.09 Å². The fraction of sp³-hybridized carbons (Fsp3) is 0.650. The summed E-state index contributed by atoms with van der Waals surface area (Å²) in [5.41, 5.74) is 1.82. The summed E-state index contributed by atoms with van der Waals surface area (Å²) in [5.74, 6) is -0.155. The number of hydrogen-bond donors (Lipinski definition) is 1. The first kappa shape index (κ1) is 18.2. The number of benzene rings is 1. The third-order valence-corrected chi connectivity index (χ3v) is 4.60. The molecule has 0 bridgehead atoms. The van der Waals surface area contributed by atoms with Gasteiger partial charge in [-0.25, -0.2) is 4.79 Å². The number of carbonyl (C=O) groups is 1. The molecular formula is C20H29NO4. The number of nitrogens with one attached hydrogen (secondary N) is 1. The minimum absolute atomic E-state index is 0.115. The van der Waals surface area contributed by atoms with Gasteiger partial charge in [0, 0.05) is 12.5 Å². The van der Waals surface area contributed by atoms with Crippen LogP contribution in [0.25, 0.3) is 0 Å². The normalized spacial score (nSPS) is 27.8. The standard InChI is InChI=1S/C20H29NO4/c1-19(2,3)25-18(22)21-12-13-7-6-8-14(11-13)15-9-10-16-17(15)24-20(4,5)23-16/h6-8,11,15-17H,9-10,12H2,1-5H3,(H,21,22)/t15-,16+,17-/m1/s1. The SMILES string of the molecule is CC(C)(C)OC(=O)NCc1cccc([C@H]2CC[C@@H]3OC(C)(C)O[C@@H]32)c1. The molecule has 1 aromatic carbocycles. The number of carbonyl (C=O) groups excluding carboxylic acids is 1. The summed E-state index contributed by atoms with van der Waals surface area (Å²) in [4.78, 5) is 11.8. The third kappa shape index (κ3) is 4.53. The van der Waals surface area contributed by atoms with Gasteiger partial charge in [0.15, 0.2) is 5.79 Å². The Kier molecular flexibility index (Phi) is 4.82. The first-order valence-corrected chi connectivity index (χ1v) is 9.04. The van der Waals surface area contributed by atoms with Gasteiger partial charge < -0.3 is 19.5 Å². The van der Waals surface area contributed by atoms with E-state index in [1.54, 1.807) is 0 Å². The highest BCUT2D eigenvalue weighted by molar-refractivity contribution is 5.67. The molecule has 5 heteroatoms. The van der Waals surface area contributed by atoms with Crippen LogP contribution < -0.4 is 5.32 Å². The third-order valence-electron chi connectivity index (χ3n) is 4.60. The Morgan fingerprint density at radius 2 is 2.04 bits per heavy atom. The Labute approximate surface area is 150 Å². The lowest BCUT2D eigenvalue weighted by molar-refractivity contribution is -0.152. The van der Waals surface area contributed by atoms with E-state index in [0.717, 1.165) is 18.4 Å². The second-order valence-corrected chi connectivity index (χ2v) is 8.42. The van der Waals surface area contributed by atoms with Crippen LogP contribution in [-0.2, 0) is 20.8 Å². The molecule has 0 spiro atoms. The predicted molar refractivity (Wildman–Crippen MR) is 95.3 cm³/mol. The zero-order chi connectivity index (χ0) is 18.2. The van der Waals surface area contributed by atoms with Crippen LogP contribution in [0, 0.1) is 0 Å². The van der Waals surface area contributed by atoms with Crippen molar-refractivity contribution in [2.45, 2.75) is 83.5 Å². The van der Waals surface area contributed by atoms with Gasteiger partial charge in [-0.1, -0.05) is 24.3 Å². The summed E-state index contributed by atoms with van der Waals surface area (Å²) in [5, 5.41) is 2.82. The second-order valence-electron chi connectivity index (χ2n) is 8.42. The van der Waals surface area contributed by atoms with Gasteiger partial charge in [0.05, 0.1) is 12.2 Å². The highest BCUT2D eigenvalue weighted by atomic mass is 16.8. The van der Waals surface area contributed by atoms with Crippen molar-refractivity contribution in [1.82, 2.24) is 5.32 Å². The zero-order valence-corrected chi connectivity index (χ0v) is 15.8. The first-order valence-electron chi connectivity index (χ1n) is 9.04. The maximum absolute atomic E-state index is 11.8.